The maximum absolute atomic E-state index is 13.2. The van der Waals surface area contributed by atoms with Crippen LogP contribution in [0.3, 0.4) is 0 Å². The van der Waals surface area contributed by atoms with Crippen molar-refractivity contribution in [3.63, 3.8) is 0 Å². The van der Waals surface area contributed by atoms with Crippen LogP contribution in [0.25, 0.3) is 0 Å². The van der Waals surface area contributed by atoms with Gasteiger partial charge in [-0.1, -0.05) is 0 Å². The molecule has 0 amide bonds. The smallest absolute Gasteiger partial charge is 0.260 e. The fourth-order valence-electron chi connectivity index (χ4n) is 3.81. The molecular weight excluding hydrogens is 326 g/mol. The Bertz CT molecular complexity index is 847. The summed E-state index contributed by atoms with van der Waals surface area (Å²) in [7, 11) is -1.79. The van der Waals surface area contributed by atoms with Crippen LogP contribution in [0.1, 0.15) is 42.1 Å². The second-order valence-electron chi connectivity index (χ2n) is 6.54. The highest BCUT2D eigenvalue weighted by Gasteiger charge is 2.38. The van der Waals surface area contributed by atoms with E-state index in [9.17, 15) is 8.42 Å². The standard InChI is InChI=1S/C16H21N5O2S/c1-20-16(13-4-2-3-5-14(13)19-20)24(22,23)21-9-6-12(11-21)15-10-17-7-8-18-15/h7-8,10,12H,2-6,9,11H2,1H3. The molecule has 128 valence electrons. The van der Waals surface area contributed by atoms with E-state index in [2.05, 4.69) is 15.1 Å². The number of fused-ring (bicyclic) bond motifs is 1. The Morgan fingerprint density at radius 2 is 2.04 bits per heavy atom. The lowest BCUT2D eigenvalue weighted by Crippen LogP contribution is -2.31. The number of sulfonamides is 1. The van der Waals surface area contributed by atoms with Crippen molar-refractivity contribution in [2.75, 3.05) is 13.1 Å². The Balaban J connectivity index is 1.64. The van der Waals surface area contributed by atoms with E-state index in [-0.39, 0.29) is 5.92 Å². The van der Waals surface area contributed by atoms with Gasteiger partial charge in [0.25, 0.3) is 10.0 Å². The van der Waals surface area contributed by atoms with Gasteiger partial charge in [0.2, 0.25) is 0 Å². The van der Waals surface area contributed by atoms with Gasteiger partial charge in [0, 0.05) is 50.2 Å². The highest BCUT2D eigenvalue weighted by molar-refractivity contribution is 7.89. The lowest BCUT2D eigenvalue weighted by molar-refractivity contribution is 0.461. The van der Waals surface area contributed by atoms with Gasteiger partial charge in [-0.15, -0.1) is 0 Å². The van der Waals surface area contributed by atoms with E-state index in [1.54, 1.807) is 34.6 Å². The van der Waals surface area contributed by atoms with Crippen molar-refractivity contribution in [3.8, 4) is 0 Å². The van der Waals surface area contributed by atoms with E-state index in [0.29, 0.717) is 18.1 Å². The van der Waals surface area contributed by atoms with Crippen molar-refractivity contribution in [1.82, 2.24) is 24.1 Å². The number of rotatable bonds is 3. The van der Waals surface area contributed by atoms with Crippen molar-refractivity contribution in [3.05, 3.63) is 35.5 Å². The maximum atomic E-state index is 13.2. The molecule has 0 aromatic carbocycles. The normalized spacial score (nSPS) is 21.8. The lowest BCUT2D eigenvalue weighted by atomic mass is 9.99. The van der Waals surface area contributed by atoms with Crippen LogP contribution in [0.15, 0.2) is 23.6 Å². The maximum Gasteiger partial charge on any atom is 0.260 e. The Hall–Kier alpha value is -1.80. The average molecular weight is 347 g/mol. The molecule has 1 unspecified atom stereocenters. The quantitative estimate of drug-likeness (QED) is 0.835. The van der Waals surface area contributed by atoms with E-state index in [4.69, 9.17) is 0 Å². The molecule has 1 aliphatic heterocycles. The molecule has 3 heterocycles. The van der Waals surface area contributed by atoms with Crippen molar-refractivity contribution < 1.29 is 8.42 Å². The summed E-state index contributed by atoms with van der Waals surface area (Å²) in [5.74, 6) is 0.109. The summed E-state index contributed by atoms with van der Waals surface area (Å²) in [6.45, 7) is 0.977. The SMILES string of the molecule is Cn1nc2c(c1S(=O)(=O)N1CCC(c3cnccn3)C1)CCCC2. The lowest BCUT2D eigenvalue weighted by Gasteiger charge is -2.18. The average Bonchev–Trinajstić information content (AvgIpc) is 3.20. The Kier molecular flexibility index (Phi) is 3.88. The first-order valence-electron chi connectivity index (χ1n) is 8.38. The minimum absolute atomic E-state index is 0.109. The van der Waals surface area contributed by atoms with Gasteiger partial charge < -0.3 is 0 Å². The minimum atomic E-state index is -3.52. The van der Waals surface area contributed by atoms with Crippen LogP contribution in [0.5, 0.6) is 0 Å². The molecule has 1 atom stereocenters. The Morgan fingerprint density at radius 1 is 1.21 bits per heavy atom. The highest BCUT2D eigenvalue weighted by atomic mass is 32.2. The second kappa shape index (κ2) is 5.93. The van der Waals surface area contributed by atoms with Crippen LogP contribution in [0, 0.1) is 0 Å². The van der Waals surface area contributed by atoms with Crippen LogP contribution in [-0.2, 0) is 29.9 Å². The van der Waals surface area contributed by atoms with Crippen molar-refractivity contribution in [1.29, 1.82) is 0 Å². The minimum Gasteiger partial charge on any atom is -0.261 e. The molecule has 0 N–H and O–H groups in total. The zero-order valence-electron chi connectivity index (χ0n) is 13.7. The van der Waals surface area contributed by atoms with E-state index in [1.165, 1.54) is 0 Å². The fourth-order valence-corrected chi connectivity index (χ4v) is 5.68. The molecule has 2 aromatic rings. The molecule has 24 heavy (non-hydrogen) atoms. The van der Waals surface area contributed by atoms with Crippen molar-refractivity contribution in [2.45, 2.75) is 43.0 Å². The first kappa shape index (κ1) is 15.7. The summed E-state index contributed by atoms with van der Waals surface area (Å²) in [6.07, 6.45) is 9.59. The second-order valence-corrected chi connectivity index (χ2v) is 8.39. The first-order chi connectivity index (χ1) is 11.6. The molecule has 0 bridgehead atoms. The predicted molar refractivity (Wildman–Crippen MR) is 88.0 cm³/mol. The summed E-state index contributed by atoms with van der Waals surface area (Å²) in [5.41, 5.74) is 2.74. The van der Waals surface area contributed by atoms with E-state index < -0.39 is 10.0 Å². The van der Waals surface area contributed by atoms with Crippen LogP contribution in [-0.4, -0.2) is 45.6 Å². The van der Waals surface area contributed by atoms with Gasteiger partial charge in [-0.25, -0.2) is 8.42 Å². The molecular formula is C16H21N5O2S. The van der Waals surface area contributed by atoms with Gasteiger partial charge in [-0.05, 0) is 32.1 Å². The third-order valence-corrected chi connectivity index (χ3v) is 7.01. The number of nitrogens with zero attached hydrogens (tertiary/aromatic N) is 5. The van der Waals surface area contributed by atoms with Crippen molar-refractivity contribution >= 4 is 10.0 Å². The van der Waals surface area contributed by atoms with Crippen LogP contribution >= 0.6 is 0 Å². The Labute approximate surface area is 141 Å². The summed E-state index contributed by atoms with van der Waals surface area (Å²) >= 11 is 0. The molecule has 1 fully saturated rings. The summed E-state index contributed by atoms with van der Waals surface area (Å²) < 4.78 is 29.5. The topological polar surface area (TPSA) is 81.0 Å². The van der Waals surface area contributed by atoms with Crippen LogP contribution in [0.4, 0.5) is 0 Å². The number of aromatic nitrogens is 4. The molecule has 1 aliphatic carbocycles. The molecule has 0 saturated carbocycles. The summed E-state index contributed by atoms with van der Waals surface area (Å²) in [5, 5.41) is 4.84. The molecule has 4 rings (SSSR count). The molecule has 1 saturated heterocycles. The fraction of sp³-hybridized carbons (Fsp3) is 0.562. The van der Waals surface area contributed by atoms with Gasteiger partial charge in [0.05, 0.1) is 11.4 Å². The van der Waals surface area contributed by atoms with Gasteiger partial charge in [-0.2, -0.15) is 9.40 Å². The van der Waals surface area contributed by atoms with Crippen LogP contribution in [0.2, 0.25) is 0 Å². The van der Waals surface area contributed by atoms with Gasteiger partial charge >= 0.3 is 0 Å². The number of hydrogen-bond acceptors (Lipinski definition) is 5. The van der Waals surface area contributed by atoms with Gasteiger partial charge in [0.15, 0.2) is 5.03 Å². The number of aryl methyl sites for hydroxylation is 2. The molecule has 7 nitrogen and oxygen atoms in total. The van der Waals surface area contributed by atoms with E-state index in [1.807, 2.05) is 0 Å². The molecule has 2 aromatic heterocycles. The zero-order valence-corrected chi connectivity index (χ0v) is 14.5. The third-order valence-electron chi connectivity index (χ3n) is 5.00. The van der Waals surface area contributed by atoms with Crippen molar-refractivity contribution in [2.24, 2.45) is 7.05 Å². The van der Waals surface area contributed by atoms with E-state index >= 15 is 0 Å². The summed E-state index contributed by atoms with van der Waals surface area (Å²) in [6, 6.07) is 0. The molecule has 0 spiro atoms. The van der Waals surface area contributed by atoms with Gasteiger partial charge in [0.1, 0.15) is 0 Å². The van der Waals surface area contributed by atoms with Crippen LogP contribution < -0.4 is 0 Å². The highest BCUT2D eigenvalue weighted by Crippen LogP contribution is 2.33. The number of hydrogen-bond donors (Lipinski definition) is 0. The monoisotopic (exact) mass is 347 g/mol. The van der Waals surface area contributed by atoms with E-state index in [0.717, 1.165) is 49.1 Å². The third kappa shape index (κ3) is 2.53. The predicted octanol–water partition coefficient (Wildman–Crippen LogP) is 1.27. The summed E-state index contributed by atoms with van der Waals surface area (Å²) in [4.78, 5) is 8.42. The first-order valence-corrected chi connectivity index (χ1v) is 9.82. The zero-order chi connectivity index (χ0) is 16.7. The molecule has 0 radical (unpaired) electrons. The largest absolute Gasteiger partial charge is 0.261 e. The van der Waals surface area contributed by atoms with Gasteiger partial charge in [-0.3, -0.25) is 14.6 Å². The Morgan fingerprint density at radius 3 is 2.83 bits per heavy atom. The molecule has 8 heteroatoms. The molecule has 2 aliphatic rings.